The lowest BCUT2D eigenvalue weighted by atomic mass is 9.91. The van der Waals surface area contributed by atoms with Crippen molar-refractivity contribution in [3.05, 3.63) is 69.0 Å². The fraction of sp³-hybridized carbons (Fsp3) is 0.250. The Morgan fingerprint density at radius 1 is 1.05 bits per heavy atom. The van der Waals surface area contributed by atoms with Crippen LogP contribution in [-0.2, 0) is 0 Å². The average Bonchev–Trinajstić information content (AvgIpc) is 2.26. The standard InChI is InChI=1S/C16H17ClFN/c1-9-6-11(3)15(14(18)7-9)16(19)13-5-4-12(17)8-10(13)2/h4-8,16H,19H2,1-3H3. The molecule has 0 radical (unpaired) electrons. The van der Waals surface area contributed by atoms with E-state index in [4.69, 9.17) is 17.3 Å². The highest BCUT2D eigenvalue weighted by Gasteiger charge is 2.18. The van der Waals surface area contributed by atoms with Crippen molar-refractivity contribution >= 4 is 11.6 Å². The van der Waals surface area contributed by atoms with Gasteiger partial charge in [0.2, 0.25) is 0 Å². The Kier molecular flexibility index (Phi) is 3.93. The third kappa shape index (κ3) is 2.80. The van der Waals surface area contributed by atoms with Gasteiger partial charge in [-0.2, -0.15) is 0 Å². The highest BCUT2D eigenvalue weighted by Crippen LogP contribution is 2.29. The molecule has 0 fully saturated rings. The van der Waals surface area contributed by atoms with Gasteiger partial charge >= 0.3 is 0 Å². The molecule has 1 atom stereocenters. The quantitative estimate of drug-likeness (QED) is 0.862. The summed E-state index contributed by atoms with van der Waals surface area (Å²) in [5, 5.41) is 0.662. The van der Waals surface area contributed by atoms with Gasteiger partial charge < -0.3 is 5.73 Å². The number of aryl methyl sites for hydroxylation is 3. The minimum Gasteiger partial charge on any atom is -0.320 e. The van der Waals surface area contributed by atoms with Gasteiger partial charge in [-0.25, -0.2) is 4.39 Å². The molecule has 19 heavy (non-hydrogen) atoms. The monoisotopic (exact) mass is 277 g/mol. The molecule has 0 aliphatic rings. The van der Waals surface area contributed by atoms with Crippen LogP contribution in [0.5, 0.6) is 0 Å². The maximum Gasteiger partial charge on any atom is 0.128 e. The molecule has 0 bridgehead atoms. The van der Waals surface area contributed by atoms with Gasteiger partial charge in [0.25, 0.3) is 0 Å². The highest BCUT2D eigenvalue weighted by molar-refractivity contribution is 6.30. The van der Waals surface area contributed by atoms with Crippen molar-refractivity contribution in [2.45, 2.75) is 26.8 Å². The summed E-state index contributed by atoms with van der Waals surface area (Å²) in [5.41, 5.74) is 10.4. The zero-order valence-electron chi connectivity index (χ0n) is 11.3. The molecular formula is C16H17ClFN. The van der Waals surface area contributed by atoms with Crippen LogP contribution >= 0.6 is 11.6 Å². The van der Waals surface area contributed by atoms with Crippen molar-refractivity contribution in [1.29, 1.82) is 0 Å². The van der Waals surface area contributed by atoms with Crippen LogP contribution in [0.25, 0.3) is 0 Å². The van der Waals surface area contributed by atoms with Gasteiger partial charge in [0.1, 0.15) is 5.82 Å². The van der Waals surface area contributed by atoms with Crippen LogP contribution in [0.2, 0.25) is 5.02 Å². The number of benzene rings is 2. The number of halogens is 2. The van der Waals surface area contributed by atoms with Crippen molar-refractivity contribution in [2.24, 2.45) is 5.73 Å². The molecule has 0 aromatic heterocycles. The second kappa shape index (κ2) is 5.32. The predicted molar refractivity (Wildman–Crippen MR) is 78.1 cm³/mol. The first-order valence-electron chi connectivity index (χ1n) is 6.18. The predicted octanol–water partition coefficient (Wildman–Crippen LogP) is 4.45. The zero-order chi connectivity index (χ0) is 14.2. The topological polar surface area (TPSA) is 26.0 Å². The third-order valence-corrected chi connectivity index (χ3v) is 3.59. The molecule has 3 heteroatoms. The Labute approximate surface area is 118 Å². The minimum absolute atomic E-state index is 0.251. The molecule has 2 N–H and O–H groups in total. The van der Waals surface area contributed by atoms with E-state index in [0.717, 1.165) is 22.3 Å². The van der Waals surface area contributed by atoms with E-state index in [9.17, 15) is 4.39 Å². The maximum atomic E-state index is 14.2. The van der Waals surface area contributed by atoms with Crippen molar-refractivity contribution in [2.75, 3.05) is 0 Å². The maximum absolute atomic E-state index is 14.2. The summed E-state index contributed by atoms with van der Waals surface area (Å²) in [7, 11) is 0. The van der Waals surface area contributed by atoms with Crippen molar-refractivity contribution in [3.8, 4) is 0 Å². The molecule has 2 aromatic rings. The number of rotatable bonds is 2. The summed E-state index contributed by atoms with van der Waals surface area (Å²) in [4.78, 5) is 0. The lowest BCUT2D eigenvalue weighted by molar-refractivity contribution is 0.595. The van der Waals surface area contributed by atoms with Gasteiger partial charge in [0.05, 0.1) is 6.04 Å². The summed E-state index contributed by atoms with van der Waals surface area (Å²) in [6, 6.07) is 8.49. The molecule has 0 spiro atoms. The first-order valence-corrected chi connectivity index (χ1v) is 6.56. The summed E-state index contributed by atoms with van der Waals surface area (Å²) in [6.07, 6.45) is 0. The number of hydrogen-bond acceptors (Lipinski definition) is 1. The van der Waals surface area contributed by atoms with Crippen LogP contribution in [0.1, 0.15) is 33.9 Å². The van der Waals surface area contributed by atoms with Crippen molar-refractivity contribution < 1.29 is 4.39 Å². The second-order valence-corrected chi connectivity index (χ2v) is 5.39. The van der Waals surface area contributed by atoms with Crippen LogP contribution in [-0.4, -0.2) is 0 Å². The van der Waals surface area contributed by atoms with Gasteiger partial charge in [-0.3, -0.25) is 0 Å². The normalized spacial score (nSPS) is 12.5. The van der Waals surface area contributed by atoms with E-state index in [0.29, 0.717) is 10.6 Å². The SMILES string of the molecule is Cc1cc(C)c(C(N)c2ccc(Cl)cc2C)c(F)c1. The number of hydrogen-bond donors (Lipinski definition) is 1. The van der Waals surface area contributed by atoms with Gasteiger partial charge in [-0.1, -0.05) is 23.7 Å². The number of nitrogens with two attached hydrogens (primary N) is 1. The molecule has 0 saturated carbocycles. The van der Waals surface area contributed by atoms with Crippen molar-refractivity contribution in [1.82, 2.24) is 0 Å². The molecule has 1 unspecified atom stereocenters. The Hall–Kier alpha value is -1.38. The van der Waals surface area contributed by atoms with Crippen LogP contribution in [0.4, 0.5) is 4.39 Å². The fourth-order valence-electron chi connectivity index (χ4n) is 2.46. The molecule has 0 amide bonds. The van der Waals surface area contributed by atoms with E-state index >= 15 is 0 Å². The fourth-order valence-corrected chi connectivity index (χ4v) is 2.69. The third-order valence-electron chi connectivity index (χ3n) is 3.36. The summed E-state index contributed by atoms with van der Waals surface area (Å²) in [6.45, 7) is 5.69. The lowest BCUT2D eigenvalue weighted by Gasteiger charge is -2.19. The molecule has 0 heterocycles. The first-order chi connectivity index (χ1) is 8.90. The van der Waals surface area contributed by atoms with Crippen LogP contribution < -0.4 is 5.73 Å². The van der Waals surface area contributed by atoms with Crippen LogP contribution in [0.3, 0.4) is 0 Å². The highest BCUT2D eigenvalue weighted by atomic mass is 35.5. The van der Waals surface area contributed by atoms with Gasteiger partial charge in [0, 0.05) is 10.6 Å². The Morgan fingerprint density at radius 2 is 1.74 bits per heavy atom. The second-order valence-electron chi connectivity index (χ2n) is 4.96. The van der Waals surface area contributed by atoms with E-state index in [-0.39, 0.29) is 5.82 Å². The van der Waals surface area contributed by atoms with E-state index in [1.165, 1.54) is 6.07 Å². The summed E-state index contributed by atoms with van der Waals surface area (Å²) >= 11 is 5.94. The van der Waals surface area contributed by atoms with Gasteiger partial charge in [-0.05, 0) is 61.2 Å². The molecule has 0 saturated heterocycles. The molecule has 1 nitrogen and oxygen atoms in total. The van der Waals surface area contributed by atoms with Crippen LogP contribution in [0.15, 0.2) is 30.3 Å². The summed E-state index contributed by atoms with van der Waals surface area (Å²) < 4.78 is 14.2. The molecule has 2 aromatic carbocycles. The average molecular weight is 278 g/mol. The zero-order valence-corrected chi connectivity index (χ0v) is 12.1. The Morgan fingerprint density at radius 3 is 2.32 bits per heavy atom. The molecule has 100 valence electrons. The Bertz CT molecular complexity index is 599. The molecule has 2 rings (SSSR count). The van der Waals surface area contributed by atoms with Crippen molar-refractivity contribution in [3.63, 3.8) is 0 Å². The molecule has 0 aliphatic heterocycles. The first kappa shape index (κ1) is 14.0. The molecular weight excluding hydrogens is 261 g/mol. The summed E-state index contributed by atoms with van der Waals surface area (Å²) in [5.74, 6) is -0.251. The van der Waals surface area contributed by atoms with Crippen LogP contribution in [0, 0.1) is 26.6 Å². The van der Waals surface area contributed by atoms with E-state index < -0.39 is 6.04 Å². The smallest absolute Gasteiger partial charge is 0.128 e. The van der Waals surface area contributed by atoms with Gasteiger partial charge in [-0.15, -0.1) is 0 Å². The molecule has 0 aliphatic carbocycles. The lowest BCUT2D eigenvalue weighted by Crippen LogP contribution is -2.16. The van der Waals surface area contributed by atoms with E-state index in [2.05, 4.69) is 0 Å². The minimum atomic E-state index is -0.474. The van der Waals surface area contributed by atoms with Gasteiger partial charge in [0.15, 0.2) is 0 Å². The van der Waals surface area contributed by atoms with E-state index in [1.807, 2.05) is 39.0 Å². The largest absolute Gasteiger partial charge is 0.320 e. The van der Waals surface area contributed by atoms with E-state index in [1.54, 1.807) is 6.07 Å². The Balaban J connectivity index is 2.53.